The summed E-state index contributed by atoms with van der Waals surface area (Å²) in [5.74, 6) is -0.664. The van der Waals surface area contributed by atoms with Gasteiger partial charge in [-0.15, -0.1) is 0 Å². The summed E-state index contributed by atoms with van der Waals surface area (Å²) in [4.78, 5) is 3.61. The molecule has 1 N–H and O–H groups in total. The number of anilines is 1. The van der Waals surface area contributed by atoms with Crippen molar-refractivity contribution in [2.75, 3.05) is 4.72 Å². The number of hydrogen-bond acceptors (Lipinski definition) is 3. The van der Waals surface area contributed by atoms with E-state index in [0.717, 1.165) is 6.07 Å². The van der Waals surface area contributed by atoms with Crippen LogP contribution in [-0.4, -0.2) is 13.4 Å². The topological polar surface area (TPSA) is 59.1 Å². The molecule has 106 valence electrons. The Hall–Kier alpha value is -0.700. The molecule has 0 saturated heterocycles. The van der Waals surface area contributed by atoms with Crippen molar-refractivity contribution in [2.24, 2.45) is 0 Å². The average Bonchev–Trinajstić information content (AvgIpc) is 2.37. The Balaban J connectivity index is 2.35. The van der Waals surface area contributed by atoms with Crippen molar-refractivity contribution in [2.45, 2.75) is 4.90 Å². The van der Waals surface area contributed by atoms with E-state index >= 15 is 0 Å². The van der Waals surface area contributed by atoms with E-state index in [1.807, 2.05) is 0 Å². The van der Waals surface area contributed by atoms with Crippen LogP contribution in [0.1, 0.15) is 0 Å². The van der Waals surface area contributed by atoms with Crippen LogP contribution in [0.15, 0.2) is 44.3 Å². The third kappa shape index (κ3) is 3.49. The molecular weight excluding hydrogens is 438 g/mol. The molecule has 9 heteroatoms. The Morgan fingerprint density at radius 1 is 1.20 bits per heavy atom. The van der Waals surface area contributed by atoms with Crippen molar-refractivity contribution in [3.05, 3.63) is 50.4 Å². The normalized spacial score (nSPS) is 11.4. The number of sulfonamides is 1. The van der Waals surface area contributed by atoms with Crippen LogP contribution in [0.2, 0.25) is 5.15 Å². The fourth-order valence-electron chi connectivity index (χ4n) is 1.34. The van der Waals surface area contributed by atoms with Gasteiger partial charge in [-0.1, -0.05) is 11.6 Å². The van der Waals surface area contributed by atoms with E-state index < -0.39 is 15.8 Å². The predicted octanol–water partition coefficient (Wildman–Crippen LogP) is 4.20. The predicted molar refractivity (Wildman–Crippen MR) is 81.9 cm³/mol. The third-order valence-corrected chi connectivity index (χ3v) is 5.41. The van der Waals surface area contributed by atoms with Gasteiger partial charge in [0.25, 0.3) is 10.0 Å². The maximum atomic E-state index is 13.4. The summed E-state index contributed by atoms with van der Waals surface area (Å²) in [7, 11) is -3.90. The van der Waals surface area contributed by atoms with Gasteiger partial charge in [-0.2, -0.15) is 0 Å². The molecule has 1 aromatic heterocycles. The lowest BCUT2D eigenvalue weighted by Gasteiger charge is -2.09. The molecule has 0 aliphatic heterocycles. The summed E-state index contributed by atoms with van der Waals surface area (Å²) < 4.78 is 40.5. The lowest BCUT2D eigenvalue weighted by atomic mass is 10.3. The SMILES string of the molecule is O=S(=O)(Nc1cnc(Cl)c(Br)c1)c1ccc(Br)c(F)c1. The molecule has 0 radical (unpaired) electrons. The van der Waals surface area contributed by atoms with Crippen LogP contribution in [-0.2, 0) is 10.0 Å². The van der Waals surface area contributed by atoms with Gasteiger partial charge in [-0.3, -0.25) is 4.72 Å². The maximum Gasteiger partial charge on any atom is 0.262 e. The minimum atomic E-state index is -3.90. The molecule has 2 rings (SSSR count). The molecule has 4 nitrogen and oxygen atoms in total. The zero-order valence-electron chi connectivity index (χ0n) is 9.57. The number of hydrogen-bond donors (Lipinski definition) is 1. The van der Waals surface area contributed by atoms with Crippen LogP contribution in [0.4, 0.5) is 10.1 Å². The molecule has 0 amide bonds. The number of nitrogens with one attached hydrogen (secondary N) is 1. The molecular formula is C11H6Br2ClFN2O2S. The van der Waals surface area contributed by atoms with Gasteiger partial charge in [0, 0.05) is 0 Å². The summed E-state index contributed by atoms with van der Waals surface area (Å²) in [5.41, 5.74) is 0.213. The first kappa shape index (κ1) is 15.7. The first-order valence-corrected chi connectivity index (χ1v) is 8.53. The van der Waals surface area contributed by atoms with E-state index in [1.54, 1.807) is 0 Å². The van der Waals surface area contributed by atoms with Gasteiger partial charge in [-0.25, -0.2) is 17.8 Å². The molecule has 20 heavy (non-hydrogen) atoms. The summed E-state index contributed by atoms with van der Waals surface area (Å²) >= 11 is 11.8. The Labute approximate surface area is 136 Å². The molecule has 0 aliphatic rings. The van der Waals surface area contributed by atoms with E-state index in [9.17, 15) is 12.8 Å². The van der Waals surface area contributed by atoms with Crippen molar-refractivity contribution in [1.82, 2.24) is 4.98 Å². The van der Waals surface area contributed by atoms with E-state index in [4.69, 9.17) is 11.6 Å². The van der Waals surface area contributed by atoms with Crippen LogP contribution in [0.25, 0.3) is 0 Å². The van der Waals surface area contributed by atoms with Crippen LogP contribution < -0.4 is 4.72 Å². The van der Waals surface area contributed by atoms with Crippen molar-refractivity contribution in [1.29, 1.82) is 0 Å². The second-order valence-corrected chi connectivity index (χ2v) is 7.43. The fraction of sp³-hybridized carbons (Fsp3) is 0. The van der Waals surface area contributed by atoms with Crippen molar-refractivity contribution >= 4 is 59.2 Å². The molecule has 0 atom stereocenters. The number of benzene rings is 1. The van der Waals surface area contributed by atoms with Crippen LogP contribution in [0.5, 0.6) is 0 Å². The highest BCUT2D eigenvalue weighted by molar-refractivity contribution is 9.10. The first-order valence-electron chi connectivity index (χ1n) is 5.08. The minimum Gasteiger partial charge on any atom is -0.278 e. The van der Waals surface area contributed by atoms with Gasteiger partial charge >= 0.3 is 0 Å². The molecule has 0 saturated carbocycles. The Kier molecular flexibility index (Phi) is 4.68. The third-order valence-electron chi connectivity index (χ3n) is 2.25. The van der Waals surface area contributed by atoms with Gasteiger partial charge in [0.05, 0.1) is 25.7 Å². The van der Waals surface area contributed by atoms with Crippen molar-refractivity contribution < 1.29 is 12.8 Å². The van der Waals surface area contributed by atoms with Crippen molar-refractivity contribution in [3.63, 3.8) is 0 Å². The molecule has 0 bridgehead atoms. The molecule has 1 heterocycles. The second-order valence-electron chi connectivity index (χ2n) is 3.68. The highest BCUT2D eigenvalue weighted by atomic mass is 79.9. The van der Waals surface area contributed by atoms with E-state index in [-0.39, 0.29) is 20.2 Å². The molecule has 0 aliphatic carbocycles. The van der Waals surface area contributed by atoms with Crippen LogP contribution >= 0.6 is 43.5 Å². The van der Waals surface area contributed by atoms with Crippen LogP contribution in [0, 0.1) is 5.82 Å². The quantitative estimate of drug-likeness (QED) is 0.722. The number of nitrogens with zero attached hydrogens (tertiary/aromatic N) is 1. The second kappa shape index (κ2) is 5.97. The van der Waals surface area contributed by atoms with Gasteiger partial charge in [-0.05, 0) is 56.1 Å². The van der Waals surface area contributed by atoms with E-state index in [0.29, 0.717) is 4.47 Å². The molecule has 2 aromatic rings. The lowest BCUT2D eigenvalue weighted by molar-refractivity contribution is 0.593. The zero-order chi connectivity index (χ0) is 14.9. The summed E-state index contributed by atoms with van der Waals surface area (Å²) in [6.07, 6.45) is 1.26. The Bertz CT molecular complexity index is 771. The number of aromatic nitrogens is 1. The summed E-state index contributed by atoms with van der Waals surface area (Å²) in [5, 5.41) is 0.211. The molecule has 1 aromatic carbocycles. The number of pyridine rings is 1. The van der Waals surface area contributed by atoms with Gasteiger partial charge in [0.15, 0.2) is 0 Å². The van der Waals surface area contributed by atoms with Gasteiger partial charge < -0.3 is 0 Å². The van der Waals surface area contributed by atoms with E-state index in [2.05, 4.69) is 41.6 Å². The smallest absolute Gasteiger partial charge is 0.262 e. The minimum absolute atomic E-state index is 0.187. The van der Waals surface area contributed by atoms with Gasteiger partial charge in [0.1, 0.15) is 11.0 Å². The van der Waals surface area contributed by atoms with Gasteiger partial charge in [0.2, 0.25) is 0 Å². The zero-order valence-corrected chi connectivity index (χ0v) is 14.3. The number of halogens is 4. The summed E-state index contributed by atoms with van der Waals surface area (Å²) in [6.45, 7) is 0. The average molecular weight is 445 g/mol. The molecule has 0 spiro atoms. The fourth-order valence-corrected chi connectivity index (χ4v) is 3.08. The maximum absolute atomic E-state index is 13.4. The lowest BCUT2D eigenvalue weighted by Crippen LogP contribution is -2.13. The Morgan fingerprint density at radius 3 is 2.50 bits per heavy atom. The van der Waals surface area contributed by atoms with Crippen LogP contribution in [0.3, 0.4) is 0 Å². The molecule has 0 fully saturated rings. The van der Waals surface area contributed by atoms with Crippen molar-refractivity contribution in [3.8, 4) is 0 Å². The highest BCUT2D eigenvalue weighted by Crippen LogP contribution is 2.25. The number of rotatable bonds is 3. The summed E-state index contributed by atoms with van der Waals surface area (Å²) in [6, 6.07) is 4.99. The standard InChI is InChI=1S/C11H6Br2ClFN2O2S/c12-8-2-1-7(4-10(8)15)20(18,19)17-6-3-9(13)11(14)16-5-6/h1-5,17H. The van der Waals surface area contributed by atoms with E-state index in [1.165, 1.54) is 24.4 Å². The molecule has 0 unspecified atom stereocenters. The highest BCUT2D eigenvalue weighted by Gasteiger charge is 2.16. The monoisotopic (exact) mass is 442 g/mol. The largest absolute Gasteiger partial charge is 0.278 e. The first-order chi connectivity index (χ1) is 9.29. The Morgan fingerprint density at radius 2 is 1.90 bits per heavy atom.